The maximum absolute atomic E-state index is 12.8. The Hall–Kier alpha value is -2.59. The summed E-state index contributed by atoms with van der Waals surface area (Å²) >= 11 is 0. The number of nitrogens with zero attached hydrogens (tertiary/aromatic N) is 2. The molecule has 3 rings (SSSR count). The first kappa shape index (κ1) is 17.2. The zero-order valence-corrected chi connectivity index (χ0v) is 14.7. The molecule has 4 heteroatoms. The number of carbonyl (C=O) groups excluding carboxylic acids is 1. The molecule has 0 aromatic heterocycles. The molecule has 1 aliphatic rings. The van der Waals surface area contributed by atoms with E-state index in [2.05, 4.69) is 11.0 Å². The fraction of sp³-hybridized carbons (Fsp3) is 0.286. The lowest BCUT2D eigenvalue weighted by Crippen LogP contribution is -2.42. The van der Waals surface area contributed by atoms with Crippen LogP contribution in [0, 0.1) is 0 Å². The van der Waals surface area contributed by atoms with Crippen molar-refractivity contribution in [3.05, 3.63) is 71.8 Å². The molecule has 130 valence electrons. The molecule has 0 saturated carbocycles. The van der Waals surface area contributed by atoms with Gasteiger partial charge < -0.3 is 10.0 Å². The van der Waals surface area contributed by atoms with Crippen LogP contribution in [0.25, 0.3) is 5.57 Å². The Kier molecular flexibility index (Phi) is 5.19. The Morgan fingerprint density at radius 1 is 1.08 bits per heavy atom. The zero-order chi connectivity index (χ0) is 17.8. The molecule has 1 atom stereocenters. The normalized spacial score (nSPS) is 16.2. The van der Waals surface area contributed by atoms with Crippen molar-refractivity contribution in [3.63, 3.8) is 0 Å². The second kappa shape index (κ2) is 7.53. The lowest BCUT2D eigenvalue weighted by atomic mass is 9.96. The van der Waals surface area contributed by atoms with Crippen molar-refractivity contribution in [3.8, 4) is 5.75 Å². The van der Waals surface area contributed by atoms with Crippen molar-refractivity contribution in [2.75, 3.05) is 27.2 Å². The SMILES string of the molecule is CN(C)C(=O)C(c1ccccc1)N1CC=C(c2ccc(O)cc2)CC1. The van der Waals surface area contributed by atoms with E-state index in [0.29, 0.717) is 0 Å². The first-order valence-corrected chi connectivity index (χ1v) is 8.55. The van der Waals surface area contributed by atoms with E-state index in [1.165, 1.54) is 5.57 Å². The summed E-state index contributed by atoms with van der Waals surface area (Å²) in [5, 5.41) is 9.44. The number of likely N-dealkylation sites (N-methyl/N-ethyl adjacent to an activating group) is 1. The maximum atomic E-state index is 12.8. The minimum absolute atomic E-state index is 0.104. The first-order chi connectivity index (χ1) is 12.1. The smallest absolute Gasteiger partial charge is 0.244 e. The molecule has 0 fully saturated rings. The number of aromatic hydroxyl groups is 1. The van der Waals surface area contributed by atoms with E-state index >= 15 is 0 Å². The molecule has 25 heavy (non-hydrogen) atoms. The Morgan fingerprint density at radius 2 is 1.76 bits per heavy atom. The molecular weight excluding hydrogens is 312 g/mol. The predicted molar refractivity (Wildman–Crippen MR) is 100 cm³/mol. The highest BCUT2D eigenvalue weighted by Crippen LogP contribution is 2.29. The summed E-state index contributed by atoms with van der Waals surface area (Å²) in [5.74, 6) is 0.384. The quantitative estimate of drug-likeness (QED) is 0.931. The highest BCUT2D eigenvalue weighted by Gasteiger charge is 2.29. The van der Waals surface area contributed by atoms with Gasteiger partial charge in [0.1, 0.15) is 11.8 Å². The van der Waals surface area contributed by atoms with E-state index in [0.717, 1.165) is 30.6 Å². The molecule has 1 unspecified atom stereocenters. The number of rotatable bonds is 4. The van der Waals surface area contributed by atoms with E-state index < -0.39 is 0 Å². The second-order valence-electron chi connectivity index (χ2n) is 6.57. The van der Waals surface area contributed by atoms with Crippen molar-refractivity contribution >= 4 is 11.5 Å². The van der Waals surface area contributed by atoms with Gasteiger partial charge in [-0.1, -0.05) is 48.5 Å². The van der Waals surface area contributed by atoms with Crippen LogP contribution < -0.4 is 0 Å². The molecule has 1 heterocycles. The molecule has 0 aliphatic carbocycles. The van der Waals surface area contributed by atoms with E-state index in [9.17, 15) is 9.90 Å². The fourth-order valence-electron chi connectivity index (χ4n) is 3.25. The number of amides is 1. The van der Waals surface area contributed by atoms with Crippen LogP contribution in [-0.2, 0) is 4.79 Å². The minimum Gasteiger partial charge on any atom is -0.508 e. The summed E-state index contributed by atoms with van der Waals surface area (Å²) < 4.78 is 0. The van der Waals surface area contributed by atoms with Crippen LogP contribution in [0.4, 0.5) is 0 Å². The van der Waals surface area contributed by atoms with E-state index in [1.54, 1.807) is 31.1 Å². The van der Waals surface area contributed by atoms with Crippen LogP contribution in [0.2, 0.25) is 0 Å². The van der Waals surface area contributed by atoms with Gasteiger partial charge in [0.15, 0.2) is 0 Å². The number of hydrogen-bond donors (Lipinski definition) is 1. The average molecular weight is 336 g/mol. The molecule has 2 aromatic carbocycles. The first-order valence-electron chi connectivity index (χ1n) is 8.55. The Bertz CT molecular complexity index is 751. The van der Waals surface area contributed by atoms with Gasteiger partial charge in [0.25, 0.3) is 0 Å². The van der Waals surface area contributed by atoms with Gasteiger partial charge in [0, 0.05) is 27.2 Å². The average Bonchev–Trinajstić information content (AvgIpc) is 2.64. The molecule has 0 saturated heterocycles. The summed E-state index contributed by atoms with van der Waals surface area (Å²) in [5.41, 5.74) is 3.43. The monoisotopic (exact) mass is 336 g/mol. The lowest BCUT2D eigenvalue weighted by Gasteiger charge is -2.34. The molecule has 0 spiro atoms. The third-order valence-electron chi connectivity index (χ3n) is 4.63. The number of carbonyl (C=O) groups is 1. The van der Waals surface area contributed by atoms with Gasteiger partial charge in [-0.25, -0.2) is 0 Å². The summed E-state index contributed by atoms with van der Waals surface area (Å²) in [4.78, 5) is 16.7. The zero-order valence-electron chi connectivity index (χ0n) is 14.7. The molecule has 2 aromatic rings. The largest absolute Gasteiger partial charge is 0.508 e. The summed E-state index contributed by atoms with van der Waals surface area (Å²) in [7, 11) is 3.61. The standard InChI is InChI=1S/C21H24N2O2/c1-22(2)21(25)20(18-6-4-3-5-7-18)23-14-12-17(13-15-23)16-8-10-19(24)11-9-16/h3-12,20,24H,13-15H2,1-2H3. The molecule has 0 radical (unpaired) electrons. The third kappa shape index (κ3) is 3.91. The predicted octanol–water partition coefficient (Wildman–Crippen LogP) is 3.31. The molecule has 0 bridgehead atoms. The summed E-state index contributed by atoms with van der Waals surface area (Å²) in [6.45, 7) is 1.56. The van der Waals surface area contributed by atoms with E-state index in [4.69, 9.17) is 0 Å². The van der Waals surface area contributed by atoms with Crippen molar-refractivity contribution in [2.45, 2.75) is 12.5 Å². The number of hydrogen-bond acceptors (Lipinski definition) is 3. The Morgan fingerprint density at radius 3 is 2.32 bits per heavy atom. The molecule has 4 nitrogen and oxygen atoms in total. The Labute approximate surface area is 149 Å². The van der Waals surface area contributed by atoms with Crippen LogP contribution in [0.15, 0.2) is 60.7 Å². The third-order valence-corrected chi connectivity index (χ3v) is 4.63. The van der Waals surface area contributed by atoms with Crippen molar-refractivity contribution < 1.29 is 9.90 Å². The van der Waals surface area contributed by atoms with Gasteiger partial charge in [-0.15, -0.1) is 0 Å². The van der Waals surface area contributed by atoms with Gasteiger partial charge >= 0.3 is 0 Å². The number of phenolic OH excluding ortho intramolecular Hbond substituents is 1. The van der Waals surface area contributed by atoms with E-state index in [1.807, 2.05) is 42.5 Å². The van der Waals surface area contributed by atoms with Crippen molar-refractivity contribution in [1.29, 1.82) is 0 Å². The Balaban J connectivity index is 1.82. The van der Waals surface area contributed by atoms with E-state index in [-0.39, 0.29) is 17.7 Å². The number of benzene rings is 2. The van der Waals surface area contributed by atoms with Crippen LogP contribution >= 0.6 is 0 Å². The van der Waals surface area contributed by atoms with Gasteiger partial charge in [-0.05, 0) is 35.3 Å². The summed E-state index contributed by atoms with van der Waals surface area (Å²) in [6, 6.07) is 17.0. The van der Waals surface area contributed by atoms with Gasteiger partial charge in [-0.2, -0.15) is 0 Å². The highest BCUT2D eigenvalue weighted by molar-refractivity contribution is 5.83. The van der Waals surface area contributed by atoms with Gasteiger partial charge in [-0.3, -0.25) is 9.69 Å². The van der Waals surface area contributed by atoms with Crippen molar-refractivity contribution in [1.82, 2.24) is 9.80 Å². The molecule has 1 aliphatic heterocycles. The molecule has 1 amide bonds. The van der Waals surface area contributed by atoms with Crippen LogP contribution in [0.1, 0.15) is 23.6 Å². The topological polar surface area (TPSA) is 43.8 Å². The van der Waals surface area contributed by atoms with Crippen LogP contribution in [0.3, 0.4) is 0 Å². The second-order valence-corrected chi connectivity index (χ2v) is 6.57. The highest BCUT2D eigenvalue weighted by atomic mass is 16.3. The lowest BCUT2D eigenvalue weighted by molar-refractivity contribution is -0.134. The van der Waals surface area contributed by atoms with Gasteiger partial charge in [0.05, 0.1) is 0 Å². The van der Waals surface area contributed by atoms with Crippen LogP contribution in [-0.4, -0.2) is 48.0 Å². The van der Waals surface area contributed by atoms with Gasteiger partial charge in [0.2, 0.25) is 5.91 Å². The fourth-order valence-corrected chi connectivity index (χ4v) is 3.25. The maximum Gasteiger partial charge on any atom is 0.244 e. The minimum atomic E-state index is -0.256. The van der Waals surface area contributed by atoms with Crippen LogP contribution in [0.5, 0.6) is 5.75 Å². The number of phenols is 1. The summed E-state index contributed by atoms with van der Waals surface area (Å²) in [6.07, 6.45) is 3.07. The van der Waals surface area contributed by atoms with Crippen molar-refractivity contribution in [2.24, 2.45) is 0 Å². The molecule has 1 N–H and O–H groups in total. The molecular formula is C21H24N2O2.